The number of rotatable bonds is 5. The third kappa shape index (κ3) is 4.11. The highest BCUT2D eigenvalue weighted by Gasteiger charge is 2.25. The van der Waals surface area contributed by atoms with Crippen LogP contribution in [0.25, 0.3) is 22.1 Å². The van der Waals surface area contributed by atoms with Crippen molar-refractivity contribution in [2.75, 3.05) is 36.5 Å². The summed E-state index contributed by atoms with van der Waals surface area (Å²) in [5.41, 5.74) is 3.71. The van der Waals surface area contributed by atoms with Crippen molar-refractivity contribution in [1.29, 1.82) is 0 Å². The van der Waals surface area contributed by atoms with Crippen molar-refractivity contribution in [2.24, 2.45) is 7.05 Å². The summed E-state index contributed by atoms with van der Waals surface area (Å²) in [7, 11) is 1.93. The van der Waals surface area contributed by atoms with E-state index < -0.39 is 0 Å². The van der Waals surface area contributed by atoms with E-state index in [1.54, 1.807) is 18.6 Å². The van der Waals surface area contributed by atoms with E-state index in [0.29, 0.717) is 6.04 Å². The fraction of sp³-hybridized carbons (Fsp3) is 0.440. The Morgan fingerprint density at radius 3 is 2.68 bits per heavy atom. The van der Waals surface area contributed by atoms with Crippen LogP contribution in [-0.2, 0) is 11.8 Å². The molecule has 0 atom stereocenters. The molecule has 6 rings (SSSR count). The summed E-state index contributed by atoms with van der Waals surface area (Å²) in [4.78, 5) is 15.9. The number of hydrogen-bond acceptors (Lipinski definition) is 8. The van der Waals surface area contributed by atoms with Crippen LogP contribution in [0.1, 0.15) is 25.7 Å². The summed E-state index contributed by atoms with van der Waals surface area (Å²) in [6.45, 7) is 3.24. The lowest BCUT2D eigenvalue weighted by atomic mass is 9.93. The highest BCUT2D eigenvalue weighted by Crippen LogP contribution is 2.33. The van der Waals surface area contributed by atoms with Gasteiger partial charge in [-0.1, -0.05) is 0 Å². The lowest BCUT2D eigenvalue weighted by molar-refractivity contribution is 0.122. The Balaban J connectivity index is 1.16. The zero-order chi connectivity index (χ0) is 22.9. The summed E-state index contributed by atoms with van der Waals surface area (Å²) in [5.74, 6) is 1.74. The van der Waals surface area contributed by atoms with Crippen molar-refractivity contribution in [1.82, 2.24) is 24.7 Å². The first-order chi connectivity index (χ1) is 16.7. The summed E-state index contributed by atoms with van der Waals surface area (Å²) < 4.78 is 13.9. The van der Waals surface area contributed by atoms with E-state index in [1.165, 1.54) is 0 Å². The van der Waals surface area contributed by atoms with Crippen molar-refractivity contribution in [3.05, 3.63) is 42.9 Å². The van der Waals surface area contributed by atoms with E-state index in [9.17, 15) is 0 Å². The maximum atomic E-state index is 6.56. The van der Waals surface area contributed by atoms with E-state index in [1.807, 2.05) is 17.8 Å². The Bertz CT molecular complexity index is 1290. The van der Waals surface area contributed by atoms with Gasteiger partial charge in [0.25, 0.3) is 0 Å². The van der Waals surface area contributed by atoms with Crippen LogP contribution in [0.3, 0.4) is 0 Å². The molecule has 34 heavy (non-hydrogen) atoms. The molecule has 1 saturated heterocycles. The number of fused-ring (bicyclic) bond motifs is 2. The number of morpholine rings is 1. The second kappa shape index (κ2) is 9.06. The Morgan fingerprint density at radius 2 is 1.82 bits per heavy atom. The predicted molar refractivity (Wildman–Crippen MR) is 131 cm³/mol. The number of aryl methyl sites for hydroxylation is 1. The van der Waals surface area contributed by atoms with Gasteiger partial charge in [-0.2, -0.15) is 5.10 Å². The predicted octanol–water partition coefficient (Wildman–Crippen LogP) is 3.55. The normalized spacial score (nSPS) is 21.1. The zero-order valence-corrected chi connectivity index (χ0v) is 19.4. The van der Waals surface area contributed by atoms with Crippen LogP contribution < -0.4 is 15.0 Å². The Morgan fingerprint density at radius 1 is 1.00 bits per heavy atom. The number of benzene rings is 1. The van der Waals surface area contributed by atoms with Crippen LogP contribution in [0.5, 0.6) is 5.75 Å². The Hall–Kier alpha value is -3.46. The van der Waals surface area contributed by atoms with Gasteiger partial charge in [0.2, 0.25) is 0 Å². The van der Waals surface area contributed by atoms with Gasteiger partial charge in [-0.15, -0.1) is 0 Å². The molecule has 176 valence electrons. The lowest BCUT2D eigenvalue weighted by Gasteiger charge is -2.31. The van der Waals surface area contributed by atoms with E-state index in [4.69, 9.17) is 9.47 Å². The van der Waals surface area contributed by atoms with Crippen LogP contribution in [0.4, 0.5) is 11.5 Å². The molecule has 0 unspecified atom stereocenters. The zero-order valence-electron chi connectivity index (χ0n) is 19.4. The first kappa shape index (κ1) is 21.1. The highest BCUT2D eigenvalue weighted by atomic mass is 16.5. The topological polar surface area (TPSA) is 90.2 Å². The molecule has 0 spiro atoms. The number of pyridine rings is 1. The minimum atomic E-state index is 0.158. The third-order valence-electron chi connectivity index (χ3n) is 6.81. The molecule has 1 aliphatic heterocycles. The molecule has 1 N–H and O–H groups in total. The number of nitrogens with one attached hydrogen (secondary N) is 1. The van der Waals surface area contributed by atoms with Crippen molar-refractivity contribution in [3.63, 3.8) is 0 Å². The van der Waals surface area contributed by atoms with E-state index in [-0.39, 0.29) is 6.10 Å². The van der Waals surface area contributed by atoms with E-state index >= 15 is 0 Å². The Kier molecular flexibility index (Phi) is 5.62. The van der Waals surface area contributed by atoms with Gasteiger partial charge in [0.05, 0.1) is 30.2 Å². The standard InChI is InChI=1S/C25H29N7O2/c1-31-25-20(3-2-8-28-25)24(30-31)29-17-4-6-19(7-5-17)34-22-16-18(32-11-13-33-14-12-32)15-21-23(22)27-10-9-26-21/h2-3,8-10,15-17,19H,4-7,11-14H2,1H3,(H,29,30)/t17-,19+. The highest BCUT2D eigenvalue weighted by molar-refractivity contribution is 5.87. The second-order valence-electron chi connectivity index (χ2n) is 9.05. The molecule has 4 aromatic rings. The van der Waals surface area contributed by atoms with Crippen LogP contribution in [0.15, 0.2) is 42.9 Å². The maximum absolute atomic E-state index is 6.56. The fourth-order valence-electron chi connectivity index (χ4n) is 5.02. The van der Waals surface area contributed by atoms with E-state index in [2.05, 4.69) is 48.5 Å². The van der Waals surface area contributed by atoms with E-state index in [0.717, 1.165) is 91.3 Å². The molecular formula is C25H29N7O2. The molecule has 2 aliphatic rings. The maximum Gasteiger partial charge on any atom is 0.159 e. The third-order valence-corrected chi connectivity index (χ3v) is 6.81. The summed E-state index contributed by atoms with van der Waals surface area (Å²) in [5, 5.41) is 9.35. The average Bonchev–Trinajstić information content (AvgIpc) is 3.21. The quantitative estimate of drug-likeness (QED) is 0.485. The number of anilines is 2. The molecule has 0 amide bonds. The SMILES string of the molecule is Cn1nc(N[C@H]2CC[C@@H](Oc3cc(N4CCOCC4)cc4nccnc34)CC2)c2cccnc21. The van der Waals surface area contributed by atoms with Gasteiger partial charge in [-0.05, 0) is 43.9 Å². The Labute approximate surface area is 198 Å². The molecule has 9 heteroatoms. The van der Waals surface area contributed by atoms with Crippen LogP contribution >= 0.6 is 0 Å². The van der Waals surface area contributed by atoms with Gasteiger partial charge >= 0.3 is 0 Å². The van der Waals surface area contributed by atoms with Gasteiger partial charge < -0.3 is 19.7 Å². The first-order valence-corrected chi connectivity index (χ1v) is 12.0. The number of hydrogen-bond donors (Lipinski definition) is 1. The van der Waals surface area contributed by atoms with Crippen LogP contribution in [0.2, 0.25) is 0 Å². The van der Waals surface area contributed by atoms with Crippen LogP contribution in [-0.4, -0.2) is 63.2 Å². The molecule has 9 nitrogen and oxygen atoms in total. The molecule has 0 radical (unpaired) electrons. The molecule has 1 aliphatic carbocycles. The number of aromatic nitrogens is 5. The average molecular weight is 460 g/mol. The molecule has 0 bridgehead atoms. The van der Waals surface area contributed by atoms with Gasteiger partial charge in [0.15, 0.2) is 11.5 Å². The molecule has 1 aromatic carbocycles. The largest absolute Gasteiger partial charge is 0.488 e. The van der Waals surface area contributed by atoms with Gasteiger partial charge in [-0.25, -0.2) is 14.6 Å². The molecule has 3 aromatic heterocycles. The van der Waals surface area contributed by atoms with Gasteiger partial charge in [-0.3, -0.25) is 4.98 Å². The molecule has 4 heterocycles. The monoisotopic (exact) mass is 459 g/mol. The van der Waals surface area contributed by atoms with Crippen molar-refractivity contribution in [2.45, 2.75) is 37.8 Å². The van der Waals surface area contributed by atoms with Crippen LogP contribution in [0, 0.1) is 0 Å². The minimum absolute atomic E-state index is 0.158. The summed E-state index contributed by atoms with van der Waals surface area (Å²) in [6, 6.07) is 8.63. The number of ether oxygens (including phenoxy) is 2. The summed E-state index contributed by atoms with van der Waals surface area (Å²) in [6.07, 6.45) is 9.43. The van der Waals surface area contributed by atoms with Crippen molar-refractivity contribution in [3.8, 4) is 5.75 Å². The van der Waals surface area contributed by atoms with Crippen molar-refractivity contribution >= 4 is 33.6 Å². The lowest BCUT2D eigenvalue weighted by Crippen LogP contribution is -2.36. The van der Waals surface area contributed by atoms with Crippen molar-refractivity contribution < 1.29 is 9.47 Å². The van der Waals surface area contributed by atoms with Gasteiger partial charge in [0.1, 0.15) is 11.3 Å². The minimum Gasteiger partial charge on any atom is -0.488 e. The van der Waals surface area contributed by atoms with Gasteiger partial charge in [0, 0.05) is 56.5 Å². The first-order valence-electron chi connectivity index (χ1n) is 12.0. The molecule has 2 fully saturated rings. The fourth-order valence-corrected chi connectivity index (χ4v) is 5.02. The smallest absolute Gasteiger partial charge is 0.159 e. The molecular weight excluding hydrogens is 430 g/mol. The summed E-state index contributed by atoms with van der Waals surface area (Å²) >= 11 is 0. The molecule has 1 saturated carbocycles. The number of nitrogens with zero attached hydrogens (tertiary/aromatic N) is 6. The second-order valence-corrected chi connectivity index (χ2v) is 9.05.